The molecule has 4 N–H and O–H groups in total. The van der Waals surface area contributed by atoms with Gasteiger partial charge in [0.2, 0.25) is 0 Å². The lowest BCUT2D eigenvalue weighted by Gasteiger charge is -2.36. The summed E-state index contributed by atoms with van der Waals surface area (Å²) in [5.41, 5.74) is 2.75. The molecule has 0 spiro atoms. The highest BCUT2D eigenvalue weighted by Gasteiger charge is 2.37. The molecular weight excluding hydrogens is 725 g/mol. The van der Waals surface area contributed by atoms with Gasteiger partial charge in [0.05, 0.1) is 43.9 Å². The predicted octanol–water partition coefficient (Wildman–Crippen LogP) is 7.38. The molecule has 0 aliphatic carbocycles. The minimum atomic E-state index is -1.32. The van der Waals surface area contributed by atoms with Gasteiger partial charge in [0.1, 0.15) is 5.75 Å². The maximum absolute atomic E-state index is 12.3. The zero-order valence-electron chi connectivity index (χ0n) is 30.2. The highest BCUT2D eigenvalue weighted by atomic mass is 35.5. The average molecular weight is 774 g/mol. The molecule has 0 aliphatic heterocycles. The van der Waals surface area contributed by atoms with Crippen molar-refractivity contribution in [3.05, 3.63) is 171 Å². The van der Waals surface area contributed by atoms with Crippen LogP contribution in [0.5, 0.6) is 5.75 Å². The minimum absolute atomic E-state index is 0.0377. The van der Waals surface area contributed by atoms with Crippen molar-refractivity contribution in [3.63, 3.8) is 0 Å². The van der Waals surface area contributed by atoms with Gasteiger partial charge in [-0.15, -0.1) is 0 Å². The van der Waals surface area contributed by atoms with Crippen LogP contribution in [0, 0.1) is 0 Å². The van der Waals surface area contributed by atoms with Crippen molar-refractivity contribution in [3.8, 4) is 5.75 Å². The van der Waals surface area contributed by atoms with Crippen molar-refractivity contribution in [2.75, 3.05) is 32.9 Å². The number of rotatable bonds is 20. The Morgan fingerprint density at radius 3 is 1.83 bits per heavy atom. The summed E-state index contributed by atoms with van der Waals surface area (Å²) >= 11 is 12.0. The first-order valence-electron chi connectivity index (χ1n) is 18.1. The number of aliphatic carboxylic acids is 1. The lowest BCUT2D eigenvalue weighted by atomic mass is 9.69. The predicted molar refractivity (Wildman–Crippen MR) is 211 cm³/mol. The summed E-state index contributed by atoms with van der Waals surface area (Å²) in [5, 5.41) is 45.8. The summed E-state index contributed by atoms with van der Waals surface area (Å²) in [6.45, 7) is 3.23. The average Bonchev–Trinajstić information content (AvgIpc) is 3.19. The monoisotopic (exact) mass is 772 g/mol. The van der Waals surface area contributed by atoms with Crippen LogP contribution in [0.2, 0.25) is 10.0 Å². The van der Waals surface area contributed by atoms with E-state index in [4.69, 9.17) is 32.7 Å². The van der Waals surface area contributed by atoms with Gasteiger partial charge in [-0.1, -0.05) is 139 Å². The Bertz CT molecular complexity index is 1730. The summed E-state index contributed by atoms with van der Waals surface area (Å²) in [5.74, 6) is -1.09. The highest BCUT2D eigenvalue weighted by molar-refractivity contribution is 6.35. The van der Waals surface area contributed by atoms with Gasteiger partial charge in [0.15, 0.2) is 0 Å². The number of benzene rings is 5. The number of hydrogen-bond donors (Lipinski definition) is 4. The normalized spacial score (nSPS) is 11.8. The van der Waals surface area contributed by atoms with Gasteiger partial charge in [-0.2, -0.15) is 0 Å². The fourth-order valence-corrected chi connectivity index (χ4v) is 6.53. The van der Waals surface area contributed by atoms with Crippen LogP contribution >= 0.6 is 23.2 Å². The fraction of sp³-hybridized carbons (Fsp3) is 0.295. The summed E-state index contributed by atoms with van der Waals surface area (Å²) < 4.78 is 11.2. The Kier molecular flexibility index (Phi) is 18.0. The van der Waals surface area contributed by atoms with Crippen molar-refractivity contribution in [2.24, 2.45) is 0 Å². The van der Waals surface area contributed by atoms with Crippen LogP contribution in [-0.4, -0.2) is 54.2 Å². The molecule has 0 saturated heterocycles. The molecule has 0 bridgehead atoms. The highest BCUT2D eigenvalue weighted by Crippen LogP contribution is 2.38. The number of hydrogen-bond acceptors (Lipinski definition) is 8. The Labute approximate surface area is 327 Å². The molecule has 5 aromatic carbocycles. The van der Waals surface area contributed by atoms with Crippen molar-refractivity contribution >= 4 is 29.2 Å². The van der Waals surface area contributed by atoms with Crippen molar-refractivity contribution < 1.29 is 34.7 Å². The number of unbranched alkanes of at least 4 members (excludes halogenated alkanes) is 3. The zero-order chi connectivity index (χ0) is 38.6. The lowest BCUT2D eigenvalue weighted by molar-refractivity contribution is -0.310. The molecule has 0 radical (unpaired) electrons. The Hall–Kier alpha value is -4.25. The molecule has 1 atom stereocenters. The Balaban J connectivity index is 0.000000256. The van der Waals surface area contributed by atoms with Gasteiger partial charge < -0.3 is 40.0 Å². The molecule has 0 amide bonds. The first kappa shape index (κ1) is 42.5. The topological polar surface area (TPSA) is 131 Å². The van der Waals surface area contributed by atoms with Crippen LogP contribution in [0.3, 0.4) is 0 Å². The number of ether oxygens (including phenoxy) is 2. The molecule has 54 heavy (non-hydrogen) atoms. The second-order valence-corrected chi connectivity index (χ2v) is 13.6. The molecule has 0 heterocycles. The van der Waals surface area contributed by atoms with E-state index < -0.39 is 17.5 Å². The maximum Gasteiger partial charge on any atom is 0.121 e. The fourth-order valence-electron chi connectivity index (χ4n) is 6.06. The molecule has 8 nitrogen and oxygen atoms in total. The first-order valence-corrected chi connectivity index (χ1v) is 18.8. The zero-order valence-corrected chi connectivity index (χ0v) is 31.7. The molecule has 0 aromatic heterocycles. The number of carbonyl (C=O) groups excluding carboxylic acids is 1. The van der Waals surface area contributed by atoms with E-state index in [1.165, 1.54) is 6.07 Å². The number of nitrogens with one attached hydrogen (secondary N) is 1. The van der Waals surface area contributed by atoms with Gasteiger partial charge in [0, 0.05) is 28.8 Å². The molecule has 0 aliphatic rings. The number of carboxylic acid groups (broad SMARTS) is 1. The number of carbonyl (C=O) groups is 1. The van der Waals surface area contributed by atoms with Gasteiger partial charge >= 0.3 is 0 Å². The van der Waals surface area contributed by atoms with Gasteiger partial charge in [-0.05, 0) is 71.5 Å². The van der Waals surface area contributed by atoms with Crippen molar-refractivity contribution in [1.29, 1.82) is 0 Å². The molecule has 10 heteroatoms. The molecular formula is C44H48Cl2NO7-. The van der Waals surface area contributed by atoms with Gasteiger partial charge in [-0.25, -0.2) is 0 Å². The molecule has 5 aromatic rings. The van der Waals surface area contributed by atoms with Crippen LogP contribution in [-0.2, 0) is 32.9 Å². The van der Waals surface area contributed by atoms with Crippen LogP contribution in [0.15, 0.2) is 127 Å². The number of phenols is 1. The van der Waals surface area contributed by atoms with E-state index in [-0.39, 0.29) is 12.4 Å². The molecule has 286 valence electrons. The third kappa shape index (κ3) is 12.4. The van der Waals surface area contributed by atoms with Crippen LogP contribution < -0.4 is 10.4 Å². The summed E-state index contributed by atoms with van der Waals surface area (Å²) in [6, 6.07) is 37.8. The second-order valence-electron chi connectivity index (χ2n) is 12.7. The van der Waals surface area contributed by atoms with Gasteiger partial charge in [-0.3, -0.25) is 0 Å². The van der Waals surface area contributed by atoms with E-state index >= 15 is 0 Å². The van der Waals surface area contributed by atoms with E-state index in [0.717, 1.165) is 37.8 Å². The third-order valence-corrected chi connectivity index (χ3v) is 9.55. The SMILES string of the molecule is O=C([O-])C(c1ccccc1)(c1ccccc1)c1ccccc1.OCc1cc(C(O)CNCCCCCCOCCOCc2ccc(Cl)cc2Cl)ccc1O. The van der Waals surface area contributed by atoms with E-state index in [9.17, 15) is 25.2 Å². The Morgan fingerprint density at radius 2 is 1.28 bits per heavy atom. The van der Waals surface area contributed by atoms with Crippen LogP contribution in [0.25, 0.3) is 0 Å². The molecule has 5 rings (SSSR count). The summed E-state index contributed by atoms with van der Waals surface area (Å²) in [4.78, 5) is 12.3. The van der Waals surface area contributed by atoms with Crippen LogP contribution in [0.4, 0.5) is 0 Å². The number of halogens is 2. The standard InChI is InChI=1S/C24H33Cl2NO5.C20H16O2/c25-21-7-5-19(22(26)14-21)17-32-12-11-31-10-4-2-1-3-9-27-15-24(30)18-6-8-23(29)20(13-18)16-28;21-19(22)20(16-10-4-1-5-11-16,17-12-6-2-7-13-17)18-14-8-3-9-15-18/h5-8,13-14,24,27-30H,1-4,9-12,15-17H2;1-15H,(H,21,22)/p-1. The van der Waals surface area contributed by atoms with E-state index in [1.807, 2.05) is 97.1 Å². The largest absolute Gasteiger partial charge is 0.548 e. The second kappa shape index (κ2) is 22.8. The van der Waals surface area contributed by atoms with E-state index in [2.05, 4.69) is 5.32 Å². The number of aliphatic hydroxyl groups excluding tert-OH is 2. The molecule has 1 unspecified atom stereocenters. The molecule has 0 saturated carbocycles. The van der Waals surface area contributed by atoms with Crippen molar-refractivity contribution in [1.82, 2.24) is 5.32 Å². The number of carboxylic acids is 1. The number of aliphatic hydroxyl groups is 2. The quantitative estimate of drug-likeness (QED) is 0.0477. The number of aromatic hydroxyl groups is 1. The molecule has 0 fully saturated rings. The van der Waals surface area contributed by atoms with Crippen molar-refractivity contribution in [2.45, 2.75) is 50.4 Å². The van der Waals surface area contributed by atoms with E-state index in [0.29, 0.717) is 70.8 Å². The van der Waals surface area contributed by atoms with Gasteiger partial charge in [0.25, 0.3) is 0 Å². The minimum Gasteiger partial charge on any atom is -0.548 e. The Morgan fingerprint density at radius 1 is 0.704 bits per heavy atom. The lowest BCUT2D eigenvalue weighted by Crippen LogP contribution is -2.47. The maximum atomic E-state index is 12.3. The van der Waals surface area contributed by atoms with E-state index in [1.54, 1.807) is 24.3 Å². The summed E-state index contributed by atoms with van der Waals surface area (Å²) in [7, 11) is 0. The smallest absolute Gasteiger partial charge is 0.121 e. The third-order valence-electron chi connectivity index (χ3n) is 8.96. The van der Waals surface area contributed by atoms with Crippen LogP contribution in [0.1, 0.15) is 65.2 Å². The first-order chi connectivity index (χ1) is 26.3. The summed E-state index contributed by atoms with van der Waals surface area (Å²) in [6.07, 6.45) is 3.53.